The molecular formula is C13H21N3S. The molecule has 17 heavy (non-hydrogen) atoms. The molecule has 1 unspecified atom stereocenters. The SMILES string of the molecule is CC(N)c1nc(CN(CC2CC2)C2CC2)cs1. The number of hydrogen-bond donors (Lipinski definition) is 1. The number of thiazole rings is 1. The summed E-state index contributed by atoms with van der Waals surface area (Å²) in [5, 5.41) is 3.25. The average molecular weight is 251 g/mol. The van der Waals surface area contributed by atoms with Gasteiger partial charge in [-0.3, -0.25) is 4.90 Å². The van der Waals surface area contributed by atoms with E-state index >= 15 is 0 Å². The summed E-state index contributed by atoms with van der Waals surface area (Å²) in [6.07, 6.45) is 5.64. The third-order valence-electron chi connectivity index (χ3n) is 3.58. The highest BCUT2D eigenvalue weighted by atomic mass is 32.1. The molecule has 0 aromatic carbocycles. The summed E-state index contributed by atoms with van der Waals surface area (Å²) >= 11 is 1.70. The molecule has 0 bridgehead atoms. The van der Waals surface area contributed by atoms with Crippen molar-refractivity contribution in [1.29, 1.82) is 0 Å². The first-order valence-electron chi connectivity index (χ1n) is 6.66. The lowest BCUT2D eigenvalue weighted by atomic mass is 10.3. The van der Waals surface area contributed by atoms with Crippen molar-refractivity contribution in [3.63, 3.8) is 0 Å². The van der Waals surface area contributed by atoms with Gasteiger partial charge >= 0.3 is 0 Å². The van der Waals surface area contributed by atoms with Crippen LogP contribution in [0.15, 0.2) is 5.38 Å². The van der Waals surface area contributed by atoms with E-state index in [4.69, 9.17) is 5.73 Å². The molecule has 94 valence electrons. The zero-order valence-electron chi connectivity index (χ0n) is 10.4. The van der Waals surface area contributed by atoms with Crippen molar-refractivity contribution >= 4 is 11.3 Å². The number of rotatable bonds is 6. The van der Waals surface area contributed by atoms with Crippen LogP contribution in [0.1, 0.15) is 49.4 Å². The van der Waals surface area contributed by atoms with E-state index in [1.807, 2.05) is 6.92 Å². The van der Waals surface area contributed by atoms with Gasteiger partial charge in [-0.05, 0) is 38.5 Å². The minimum Gasteiger partial charge on any atom is -0.322 e. The largest absolute Gasteiger partial charge is 0.322 e. The van der Waals surface area contributed by atoms with Crippen LogP contribution in [0, 0.1) is 5.92 Å². The van der Waals surface area contributed by atoms with Crippen molar-refractivity contribution in [2.75, 3.05) is 6.54 Å². The molecule has 2 N–H and O–H groups in total. The molecule has 2 aliphatic rings. The first-order chi connectivity index (χ1) is 8.22. The maximum atomic E-state index is 5.86. The maximum Gasteiger partial charge on any atom is 0.109 e. The Kier molecular flexibility index (Phi) is 3.19. The zero-order valence-corrected chi connectivity index (χ0v) is 11.2. The van der Waals surface area contributed by atoms with Crippen molar-refractivity contribution in [2.24, 2.45) is 11.7 Å². The van der Waals surface area contributed by atoms with Crippen molar-refractivity contribution in [2.45, 2.75) is 51.2 Å². The first kappa shape index (κ1) is 11.6. The predicted octanol–water partition coefficient (Wildman–Crippen LogP) is 2.54. The fourth-order valence-corrected chi connectivity index (χ4v) is 3.00. The van der Waals surface area contributed by atoms with E-state index in [1.54, 1.807) is 11.3 Å². The third kappa shape index (κ3) is 3.06. The molecule has 0 amide bonds. The summed E-state index contributed by atoms with van der Waals surface area (Å²) in [4.78, 5) is 7.28. The van der Waals surface area contributed by atoms with Gasteiger partial charge in [-0.2, -0.15) is 0 Å². The molecule has 2 fully saturated rings. The number of nitrogens with zero attached hydrogens (tertiary/aromatic N) is 2. The second kappa shape index (κ2) is 4.67. The fraction of sp³-hybridized carbons (Fsp3) is 0.769. The molecule has 0 aliphatic heterocycles. The Balaban J connectivity index is 1.61. The quantitative estimate of drug-likeness (QED) is 0.845. The monoisotopic (exact) mass is 251 g/mol. The summed E-state index contributed by atoms with van der Waals surface area (Å²) in [6.45, 7) is 4.32. The Morgan fingerprint density at radius 2 is 2.24 bits per heavy atom. The smallest absolute Gasteiger partial charge is 0.109 e. The second-order valence-electron chi connectivity index (χ2n) is 5.57. The van der Waals surface area contributed by atoms with Gasteiger partial charge in [-0.15, -0.1) is 11.3 Å². The van der Waals surface area contributed by atoms with Crippen LogP contribution in [-0.2, 0) is 6.54 Å². The van der Waals surface area contributed by atoms with Gasteiger partial charge in [0.1, 0.15) is 5.01 Å². The van der Waals surface area contributed by atoms with Crippen LogP contribution < -0.4 is 5.73 Å². The summed E-state index contributed by atoms with van der Waals surface area (Å²) in [7, 11) is 0. The van der Waals surface area contributed by atoms with Crippen LogP contribution >= 0.6 is 11.3 Å². The van der Waals surface area contributed by atoms with Crippen molar-refractivity contribution in [3.05, 3.63) is 16.1 Å². The van der Waals surface area contributed by atoms with E-state index < -0.39 is 0 Å². The van der Waals surface area contributed by atoms with Crippen LogP contribution in [0.3, 0.4) is 0 Å². The van der Waals surface area contributed by atoms with Crippen molar-refractivity contribution < 1.29 is 0 Å². The maximum absolute atomic E-state index is 5.86. The average Bonchev–Trinajstić information content (AvgIpc) is 3.17. The van der Waals surface area contributed by atoms with Gasteiger partial charge in [-0.25, -0.2) is 4.98 Å². The highest BCUT2D eigenvalue weighted by Gasteiger charge is 2.33. The van der Waals surface area contributed by atoms with E-state index in [1.165, 1.54) is 37.9 Å². The van der Waals surface area contributed by atoms with Crippen LogP contribution in [0.5, 0.6) is 0 Å². The van der Waals surface area contributed by atoms with Crippen LogP contribution in [-0.4, -0.2) is 22.5 Å². The van der Waals surface area contributed by atoms with Gasteiger partial charge < -0.3 is 5.73 Å². The molecule has 4 heteroatoms. The minimum absolute atomic E-state index is 0.0755. The molecule has 0 spiro atoms. The van der Waals surface area contributed by atoms with Gasteiger partial charge in [0, 0.05) is 24.5 Å². The molecule has 0 saturated heterocycles. The normalized spacial score (nSPS) is 22.1. The zero-order chi connectivity index (χ0) is 11.8. The highest BCUT2D eigenvalue weighted by molar-refractivity contribution is 7.09. The molecule has 1 aromatic rings. The lowest BCUT2D eigenvalue weighted by Gasteiger charge is -2.20. The molecule has 2 aliphatic carbocycles. The minimum atomic E-state index is 0.0755. The number of hydrogen-bond acceptors (Lipinski definition) is 4. The fourth-order valence-electron chi connectivity index (χ4n) is 2.23. The first-order valence-corrected chi connectivity index (χ1v) is 7.54. The highest BCUT2D eigenvalue weighted by Crippen LogP contribution is 2.35. The second-order valence-corrected chi connectivity index (χ2v) is 6.46. The summed E-state index contributed by atoms with van der Waals surface area (Å²) in [5.74, 6) is 0.974. The van der Waals surface area contributed by atoms with Gasteiger partial charge in [0.2, 0.25) is 0 Å². The van der Waals surface area contributed by atoms with Gasteiger partial charge in [-0.1, -0.05) is 0 Å². The van der Waals surface area contributed by atoms with E-state index in [0.29, 0.717) is 0 Å². The van der Waals surface area contributed by atoms with E-state index in [0.717, 1.165) is 23.5 Å². The lowest BCUT2D eigenvalue weighted by Crippen LogP contribution is -2.28. The number of aromatic nitrogens is 1. The van der Waals surface area contributed by atoms with Gasteiger partial charge in [0.25, 0.3) is 0 Å². The van der Waals surface area contributed by atoms with Crippen molar-refractivity contribution in [1.82, 2.24) is 9.88 Å². The molecule has 1 heterocycles. The van der Waals surface area contributed by atoms with Gasteiger partial charge in [0.05, 0.1) is 11.7 Å². The third-order valence-corrected chi connectivity index (χ3v) is 4.67. The van der Waals surface area contributed by atoms with Gasteiger partial charge in [0.15, 0.2) is 0 Å². The Hall–Kier alpha value is -0.450. The van der Waals surface area contributed by atoms with E-state index in [2.05, 4.69) is 15.3 Å². The lowest BCUT2D eigenvalue weighted by molar-refractivity contribution is 0.241. The van der Waals surface area contributed by atoms with Crippen LogP contribution in [0.25, 0.3) is 0 Å². The standard InChI is InChI=1S/C13H21N3S/c1-9(14)13-15-11(8-17-13)7-16(12-4-5-12)6-10-2-3-10/h8-10,12H,2-7,14H2,1H3. The topological polar surface area (TPSA) is 42.1 Å². The molecule has 3 rings (SSSR count). The van der Waals surface area contributed by atoms with Crippen molar-refractivity contribution in [3.8, 4) is 0 Å². The number of nitrogens with two attached hydrogens (primary N) is 1. The summed E-state index contributed by atoms with van der Waals surface area (Å²) in [6, 6.07) is 0.919. The predicted molar refractivity (Wildman–Crippen MR) is 70.9 cm³/mol. The molecule has 0 radical (unpaired) electrons. The molecule has 2 saturated carbocycles. The van der Waals surface area contributed by atoms with Crippen LogP contribution in [0.4, 0.5) is 0 Å². The summed E-state index contributed by atoms with van der Waals surface area (Å²) in [5.41, 5.74) is 7.07. The molecule has 1 aromatic heterocycles. The molecule has 3 nitrogen and oxygen atoms in total. The van der Waals surface area contributed by atoms with E-state index in [9.17, 15) is 0 Å². The molecule has 1 atom stereocenters. The summed E-state index contributed by atoms with van der Waals surface area (Å²) < 4.78 is 0. The Morgan fingerprint density at radius 1 is 1.47 bits per heavy atom. The Morgan fingerprint density at radius 3 is 2.76 bits per heavy atom. The Bertz CT molecular complexity index is 380. The van der Waals surface area contributed by atoms with Crippen LogP contribution in [0.2, 0.25) is 0 Å². The van der Waals surface area contributed by atoms with E-state index in [-0.39, 0.29) is 6.04 Å². The molecular weight excluding hydrogens is 230 g/mol. The Labute approximate surface area is 107 Å².